The van der Waals surface area contributed by atoms with Crippen molar-refractivity contribution in [1.82, 2.24) is 4.98 Å². The number of carbonyl (C=O) groups excluding carboxylic acids is 1. The summed E-state index contributed by atoms with van der Waals surface area (Å²) in [6, 6.07) is 11.3. The number of aryl methyl sites for hydroxylation is 1. The van der Waals surface area contributed by atoms with Crippen molar-refractivity contribution in [2.24, 2.45) is 0 Å². The fourth-order valence-corrected chi connectivity index (χ4v) is 3.42. The SMILES string of the molecule is CCc1sc(Oc2ccc(C(F)(F)F)cc2)nc1-c1ccc(C(=O)OC)cc1. The van der Waals surface area contributed by atoms with Crippen molar-refractivity contribution in [2.45, 2.75) is 19.5 Å². The second-order valence-electron chi connectivity index (χ2n) is 5.80. The molecule has 0 bridgehead atoms. The molecule has 3 aromatic rings. The Hall–Kier alpha value is -2.87. The number of hydrogen-bond acceptors (Lipinski definition) is 5. The molecule has 1 heterocycles. The van der Waals surface area contributed by atoms with Crippen LogP contribution in [-0.4, -0.2) is 18.1 Å². The predicted molar refractivity (Wildman–Crippen MR) is 99.8 cm³/mol. The summed E-state index contributed by atoms with van der Waals surface area (Å²) in [5.74, 6) is -0.149. The highest BCUT2D eigenvalue weighted by Gasteiger charge is 2.30. The van der Waals surface area contributed by atoms with Crippen LogP contribution in [0.25, 0.3) is 11.3 Å². The van der Waals surface area contributed by atoms with E-state index in [1.54, 1.807) is 24.3 Å². The molecule has 3 rings (SSSR count). The van der Waals surface area contributed by atoms with Crippen LogP contribution in [0.5, 0.6) is 10.9 Å². The van der Waals surface area contributed by atoms with Crippen molar-refractivity contribution in [3.05, 3.63) is 64.5 Å². The molecule has 28 heavy (non-hydrogen) atoms. The number of thiazole rings is 1. The number of alkyl halides is 3. The number of carbonyl (C=O) groups is 1. The minimum absolute atomic E-state index is 0.275. The molecular formula is C20H16F3NO3S. The monoisotopic (exact) mass is 407 g/mol. The van der Waals surface area contributed by atoms with Crippen molar-refractivity contribution in [2.75, 3.05) is 7.11 Å². The lowest BCUT2D eigenvalue weighted by molar-refractivity contribution is -0.137. The van der Waals surface area contributed by atoms with Gasteiger partial charge in [-0.25, -0.2) is 9.78 Å². The van der Waals surface area contributed by atoms with Crippen LogP contribution < -0.4 is 4.74 Å². The van der Waals surface area contributed by atoms with E-state index in [1.807, 2.05) is 6.92 Å². The average Bonchev–Trinajstić information content (AvgIpc) is 3.10. The van der Waals surface area contributed by atoms with E-state index < -0.39 is 17.7 Å². The molecule has 0 saturated heterocycles. The Morgan fingerprint density at radius 2 is 1.71 bits per heavy atom. The first-order valence-electron chi connectivity index (χ1n) is 8.35. The lowest BCUT2D eigenvalue weighted by atomic mass is 10.1. The zero-order valence-electron chi connectivity index (χ0n) is 15.0. The zero-order chi connectivity index (χ0) is 20.3. The molecule has 0 N–H and O–H groups in total. The van der Waals surface area contributed by atoms with Crippen molar-refractivity contribution < 1.29 is 27.4 Å². The number of nitrogens with zero attached hydrogens (tertiary/aromatic N) is 1. The zero-order valence-corrected chi connectivity index (χ0v) is 15.9. The van der Waals surface area contributed by atoms with E-state index in [-0.39, 0.29) is 5.75 Å². The molecule has 0 saturated carbocycles. The maximum absolute atomic E-state index is 12.7. The molecule has 2 aromatic carbocycles. The third-order valence-corrected chi connectivity index (χ3v) is 5.04. The van der Waals surface area contributed by atoms with Crippen molar-refractivity contribution in [1.29, 1.82) is 0 Å². The number of rotatable bonds is 5. The van der Waals surface area contributed by atoms with Gasteiger partial charge < -0.3 is 9.47 Å². The number of benzene rings is 2. The molecule has 4 nitrogen and oxygen atoms in total. The van der Waals surface area contributed by atoms with Crippen LogP contribution in [-0.2, 0) is 17.3 Å². The van der Waals surface area contributed by atoms with Gasteiger partial charge in [-0.15, -0.1) is 0 Å². The second kappa shape index (κ2) is 8.02. The number of hydrogen-bond donors (Lipinski definition) is 0. The van der Waals surface area contributed by atoms with E-state index in [0.717, 1.165) is 22.6 Å². The number of methoxy groups -OCH3 is 1. The van der Waals surface area contributed by atoms with Crippen molar-refractivity contribution in [3.8, 4) is 22.2 Å². The molecule has 0 aliphatic rings. The molecular weight excluding hydrogens is 391 g/mol. The first-order chi connectivity index (χ1) is 13.3. The first kappa shape index (κ1) is 19.9. The molecule has 0 amide bonds. The number of aromatic nitrogens is 1. The van der Waals surface area contributed by atoms with Gasteiger partial charge in [0.2, 0.25) is 0 Å². The molecule has 0 spiro atoms. The fraction of sp³-hybridized carbons (Fsp3) is 0.200. The molecule has 0 fully saturated rings. The van der Waals surface area contributed by atoms with Crippen LogP contribution in [0.15, 0.2) is 48.5 Å². The van der Waals surface area contributed by atoms with Crippen LogP contribution in [0, 0.1) is 0 Å². The summed E-state index contributed by atoms with van der Waals surface area (Å²) >= 11 is 1.33. The van der Waals surface area contributed by atoms with Gasteiger partial charge in [0, 0.05) is 10.4 Å². The van der Waals surface area contributed by atoms with Gasteiger partial charge in [-0.1, -0.05) is 30.4 Å². The summed E-state index contributed by atoms with van der Waals surface area (Å²) in [7, 11) is 1.32. The quantitative estimate of drug-likeness (QED) is 0.489. The Bertz CT molecular complexity index is 964. The van der Waals surface area contributed by atoms with E-state index in [0.29, 0.717) is 22.9 Å². The summed E-state index contributed by atoms with van der Waals surface area (Å²) in [5.41, 5.74) is 1.22. The average molecular weight is 407 g/mol. The van der Waals surface area contributed by atoms with Crippen molar-refractivity contribution >= 4 is 17.3 Å². The summed E-state index contributed by atoms with van der Waals surface area (Å²) < 4.78 is 48.3. The number of ether oxygens (including phenoxy) is 2. The molecule has 0 aliphatic carbocycles. The summed E-state index contributed by atoms with van der Waals surface area (Å²) in [6.07, 6.45) is -3.68. The lowest BCUT2D eigenvalue weighted by Gasteiger charge is -2.07. The first-order valence-corrected chi connectivity index (χ1v) is 9.17. The Morgan fingerprint density at radius 1 is 1.07 bits per heavy atom. The van der Waals surface area contributed by atoms with Gasteiger partial charge in [0.15, 0.2) is 0 Å². The van der Waals surface area contributed by atoms with Crippen LogP contribution in [0.3, 0.4) is 0 Å². The molecule has 0 unspecified atom stereocenters. The van der Waals surface area contributed by atoms with Crippen LogP contribution in [0.1, 0.15) is 27.7 Å². The Kier molecular flexibility index (Phi) is 5.69. The Morgan fingerprint density at radius 3 is 2.25 bits per heavy atom. The third-order valence-electron chi connectivity index (χ3n) is 3.97. The van der Waals surface area contributed by atoms with Gasteiger partial charge in [0.1, 0.15) is 5.75 Å². The van der Waals surface area contributed by atoms with Gasteiger partial charge in [-0.2, -0.15) is 13.2 Å². The van der Waals surface area contributed by atoms with E-state index in [2.05, 4.69) is 9.72 Å². The molecule has 0 radical (unpaired) electrons. The maximum atomic E-state index is 12.7. The minimum Gasteiger partial charge on any atom is -0.465 e. The summed E-state index contributed by atoms with van der Waals surface area (Å²) in [6.45, 7) is 1.97. The number of halogens is 3. The standard InChI is InChI=1S/C20H16F3NO3S/c1-3-16-17(12-4-6-13(7-5-12)18(25)26-2)24-19(28-16)27-15-10-8-14(9-11-15)20(21,22)23/h4-11H,3H2,1-2H3. The molecule has 0 aliphatic heterocycles. The topological polar surface area (TPSA) is 48.4 Å². The van der Waals surface area contributed by atoms with Gasteiger partial charge in [-0.05, 0) is 42.8 Å². The molecule has 8 heteroatoms. The lowest BCUT2D eigenvalue weighted by Crippen LogP contribution is -2.03. The molecule has 0 atom stereocenters. The van der Waals surface area contributed by atoms with Gasteiger partial charge in [0.25, 0.3) is 5.19 Å². The van der Waals surface area contributed by atoms with Gasteiger partial charge in [-0.3, -0.25) is 0 Å². The third kappa shape index (κ3) is 4.33. The smallest absolute Gasteiger partial charge is 0.416 e. The molecule has 1 aromatic heterocycles. The van der Waals surface area contributed by atoms with E-state index in [9.17, 15) is 18.0 Å². The number of esters is 1. The summed E-state index contributed by atoms with van der Waals surface area (Å²) in [4.78, 5) is 17.0. The van der Waals surface area contributed by atoms with E-state index in [4.69, 9.17) is 4.74 Å². The Balaban J connectivity index is 1.83. The van der Waals surface area contributed by atoms with E-state index in [1.165, 1.54) is 30.6 Å². The second-order valence-corrected chi connectivity index (χ2v) is 6.84. The fourth-order valence-electron chi connectivity index (χ4n) is 2.53. The van der Waals surface area contributed by atoms with Crippen molar-refractivity contribution in [3.63, 3.8) is 0 Å². The summed E-state index contributed by atoms with van der Waals surface area (Å²) in [5, 5.41) is 0.337. The van der Waals surface area contributed by atoms with Gasteiger partial charge in [0.05, 0.1) is 23.9 Å². The largest absolute Gasteiger partial charge is 0.465 e. The highest BCUT2D eigenvalue weighted by molar-refractivity contribution is 7.13. The van der Waals surface area contributed by atoms with Crippen LogP contribution in [0.2, 0.25) is 0 Å². The highest BCUT2D eigenvalue weighted by atomic mass is 32.1. The Labute approximate surface area is 163 Å². The predicted octanol–water partition coefficient (Wildman–Crippen LogP) is 5.97. The highest BCUT2D eigenvalue weighted by Crippen LogP contribution is 2.36. The molecule has 146 valence electrons. The van der Waals surface area contributed by atoms with Gasteiger partial charge >= 0.3 is 12.1 Å². The van der Waals surface area contributed by atoms with Crippen LogP contribution >= 0.6 is 11.3 Å². The maximum Gasteiger partial charge on any atom is 0.416 e. The normalized spacial score (nSPS) is 11.3. The van der Waals surface area contributed by atoms with E-state index >= 15 is 0 Å². The minimum atomic E-state index is -4.39. The van der Waals surface area contributed by atoms with Crippen LogP contribution in [0.4, 0.5) is 13.2 Å².